The van der Waals surface area contributed by atoms with Gasteiger partial charge in [0, 0.05) is 13.0 Å². The van der Waals surface area contributed by atoms with E-state index in [9.17, 15) is 9.59 Å². The Hall–Kier alpha value is -2.04. The van der Waals surface area contributed by atoms with E-state index in [1.54, 1.807) is 24.3 Å². The highest BCUT2D eigenvalue weighted by Gasteiger charge is 2.23. The summed E-state index contributed by atoms with van der Waals surface area (Å²) in [7, 11) is 0. The van der Waals surface area contributed by atoms with Crippen LogP contribution < -0.4 is 15.4 Å². The zero-order chi connectivity index (χ0) is 11.4. The Kier molecular flexibility index (Phi) is 3.05. The number of ether oxygens (including phenoxy) is 1. The summed E-state index contributed by atoms with van der Waals surface area (Å²) in [4.78, 5) is 22.3. The Morgan fingerprint density at radius 2 is 2.12 bits per heavy atom. The molecule has 0 bridgehead atoms. The van der Waals surface area contributed by atoms with Gasteiger partial charge < -0.3 is 15.4 Å². The summed E-state index contributed by atoms with van der Waals surface area (Å²) in [5.41, 5.74) is 0. The standard InChI is InChI=1S/C11H12N2O3/c14-10-6-8(7-12-10)13-11(15)16-9-4-2-1-3-5-9/h1-5,8H,6-7H2,(H,12,14)(H,13,15). The quantitative estimate of drug-likeness (QED) is 0.769. The molecule has 2 N–H and O–H groups in total. The lowest BCUT2D eigenvalue weighted by Gasteiger charge is -2.10. The Labute approximate surface area is 92.8 Å². The molecule has 1 atom stereocenters. The highest BCUT2D eigenvalue weighted by atomic mass is 16.6. The first kappa shape index (κ1) is 10.5. The Morgan fingerprint density at radius 3 is 2.75 bits per heavy atom. The average Bonchev–Trinajstić information content (AvgIpc) is 2.65. The van der Waals surface area contributed by atoms with E-state index < -0.39 is 6.09 Å². The van der Waals surface area contributed by atoms with Crippen LogP contribution in [0.15, 0.2) is 30.3 Å². The zero-order valence-corrected chi connectivity index (χ0v) is 8.60. The van der Waals surface area contributed by atoms with Crippen LogP contribution in [0.1, 0.15) is 6.42 Å². The van der Waals surface area contributed by atoms with Crippen molar-refractivity contribution in [2.45, 2.75) is 12.5 Å². The molecule has 0 saturated carbocycles. The van der Waals surface area contributed by atoms with Crippen molar-refractivity contribution in [2.24, 2.45) is 0 Å². The second kappa shape index (κ2) is 4.65. The van der Waals surface area contributed by atoms with E-state index in [2.05, 4.69) is 10.6 Å². The second-order valence-electron chi connectivity index (χ2n) is 3.55. The highest BCUT2D eigenvalue weighted by molar-refractivity contribution is 5.80. The largest absolute Gasteiger partial charge is 0.412 e. The normalized spacial score (nSPS) is 19.0. The summed E-state index contributed by atoms with van der Waals surface area (Å²) in [6.07, 6.45) is -0.225. The minimum absolute atomic E-state index is 0.0509. The predicted octanol–water partition coefficient (Wildman–Crippen LogP) is 0.664. The molecule has 5 nitrogen and oxygen atoms in total. The molecule has 1 aromatic carbocycles. The van der Waals surface area contributed by atoms with Crippen molar-refractivity contribution in [3.05, 3.63) is 30.3 Å². The molecule has 0 spiro atoms. The third kappa shape index (κ3) is 2.73. The third-order valence-corrected chi connectivity index (χ3v) is 2.25. The van der Waals surface area contributed by atoms with Crippen molar-refractivity contribution in [3.63, 3.8) is 0 Å². The minimum Gasteiger partial charge on any atom is -0.410 e. The van der Waals surface area contributed by atoms with Gasteiger partial charge in [0.05, 0.1) is 6.04 Å². The fourth-order valence-electron chi connectivity index (χ4n) is 1.50. The first-order chi connectivity index (χ1) is 7.74. The molecular weight excluding hydrogens is 208 g/mol. The Morgan fingerprint density at radius 1 is 1.38 bits per heavy atom. The van der Waals surface area contributed by atoms with Crippen LogP contribution in [0, 0.1) is 0 Å². The van der Waals surface area contributed by atoms with Gasteiger partial charge in [0.2, 0.25) is 5.91 Å². The number of nitrogens with one attached hydrogen (secondary N) is 2. The molecular formula is C11H12N2O3. The van der Waals surface area contributed by atoms with Crippen LogP contribution in [0.2, 0.25) is 0 Å². The minimum atomic E-state index is -0.535. The summed E-state index contributed by atoms with van der Waals surface area (Å²) in [6, 6.07) is 8.61. The van der Waals surface area contributed by atoms with Crippen LogP contribution in [0.25, 0.3) is 0 Å². The number of amides is 2. The molecule has 0 radical (unpaired) electrons. The maximum atomic E-state index is 11.4. The van der Waals surface area contributed by atoms with E-state index in [-0.39, 0.29) is 11.9 Å². The molecule has 1 aliphatic rings. The van der Waals surface area contributed by atoms with Gasteiger partial charge in [0.15, 0.2) is 0 Å². The molecule has 2 rings (SSSR count). The third-order valence-electron chi connectivity index (χ3n) is 2.25. The number of rotatable bonds is 2. The summed E-state index contributed by atoms with van der Waals surface area (Å²) >= 11 is 0. The molecule has 2 amide bonds. The highest BCUT2D eigenvalue weighted by Crippen LogP contribution is 2.08. The number of carbonyl (C=O) groups excluding carboxylic acids is 2. The van der Waals surface area contributed by atoms with E-state index in [4.69, 9.17) is 4.74 Å². The molecule has 84 valence electrons. The zero-order valence-electron chi connectivity index (χ0n) is 8.60. The number of para-hydroxylation sites is 1. The van der Waals surface area contributed by atoms with Crippen LogP contribution in [0.5, 0.6) is 5.75 Å². The molecule has 1 fully saturated rings. The summed E-state index contributed by atoms with van der Waals surface area (Å²) in [6.45, 7) is 0.461. The SMILES string of the molecule is O=C1CC(NC(=O)Oc2ccccc2)CN1. The Bertz CT molecular complexity index is 391. The van der Waals surface area contributed by atoms with Crippen molar-refractivity contribution in [1.29, 1.82) is 0 Å². The van der Waals surface area contributed by atoms with Gasteiger partial charge in [-0.1, -0.05) is 18.2 Å². The van der Waals surface area contributed by atoms with E-state index in [0.29, 0.717) is 18.7 Å². The van der Waals surface area contributed by atoms with Crippen LogP contribution in [-0.4, -0.2) is 24.6 Å². The average molecular weight is 220 g/mol. The predicted molar refractivity (Wildman–Crippen MR) is 57.0 cm³/mol. The fourth-order valence-corrected chi connectivity index (χ4v) is 1.50. The first-order valence-electron chi connectivity index (χ1n) is 5.04. The molecule has 1 saturated heterocycles. The lowest BCUT2D eigenvalue weighted by Crippen LogP contribution is -2.38. The van der Waals surface area contributed by atoms with Gasteiger partial charge in [-0.3, -0.25) is 4.79 Å². The monoisotopic (exact) mass is 220 g/mol. The number of hydrogen-bond donors (Lipinski definition) is 2. The molecule has 1 heterocycles. The van der Waals surface area contributed by atoms with Crippen LogP contribution in [0.3, 0.4) is 0 Å². The van der Waals surface area contributed by atoms with Crippen molar-refractivity contribution in [1.82, 2.24) is 10.6 Å². The smallest absolute Gasteiger partial charge is 0.410 e. The summed E-state index contributed by atoms with van der Waals surface area (Å²) < 4.78 is 5.02. The molecule has 1 aromatic rings. The molecule has 16 heavy (non-hydrogen) atoms. The van der Waals surface area contributed by atoms with Crippen molar-refractivity contribution in [2.75, 3.05) is 6.54 Å². The van der Waals surface area contributed by atoms with Gasteiger partial charge >= 0.3 is 6.09 Å². The van der Waals surface area contributed by atoms with E-state index in [1.165, 1.54) is 0 Å². The fraction of sp³-hybridized carbons (Fsp3) is 0.273. The van der Waals surface area contributed by atoms with Gasteiger partial charge in [-0.2, -0.15) is 0 Å². The second-order valence-corrected chi connectivity index (χ2v) is 3.55. The molecule has 1 aliphatic heterocycles. The number of carbonyl (C=O) groups is 2. The van der Waals surface area contributed by atoms with E-state index in [1.807, 2.05) is 6.07 Å². The maximum Gasteiger partial charge on any atom is 0.412 e. The first-order valence-corrected chi connectivity index (χ1v) is 5.04. The van der Waals surface area contributed by atoms with Crippen molar-refractivity contribution >= 4 is 12.0 Å². The van der Waals surface area contributed by atoms with E-state index >= 15 is 0 Å². The van der Waals surface area contributed by atoms with Gasteiger partial charge in [-0.25, -0.2) is 4.79 Å². The molecule has 0 aliphatic carbocycles. The lowest BCUT2D eigenvalue weighted by atomic mass is 10.3. The van der Waals surface area contributed by atoms with Crippen LogP contribution in [-0.2, 0) is 4.79 Å². The molecule has 0 aromatic heterocycles. The van der Waals surface area contributed by atoms with Crippen molar-refractivity contribution in [3.8, 4) is 5.75 Å². The van der Waals surface area contributed by atoms with Crippen LogP contribution in [0.4, 0.5) is 4.79 Å². The maximum absolute atomic E-state index is 11.4. The summed E-state index contributed by atoms with van der Waals surface area (Å²) in [5.74, 6) is 0.433. The van der Waals surface area contributed by atoms with E-state index in [0.717, 1.165) is 0 Å². The number of hydrogen-bond acceptors (Lipinski definition) is 3. The lowest BCUT2D eigenvalue weighted by molar-refractivity contribution is -0.119. The molecule has 5 heteroatoms. The molecule has 1 unspecified atom stereocenters. The van der Waals surface area contributed by atoms with Gasteiger partial charge in [0.1, 0.15) is 5.75 Å². The van der Waals surface area contributed by atoms with Crippen LogP contribution >= 0.6 is 0 Å². The topological polar surface area (TPSA) is 67.4 Å². The van der Waals surface area contributed by atoms with Gasteiger partial charge in [-0.15, -0.1) is 0 Å². The van der Waals surface area contributed by atoms with Crippen molar-refractivity contribution < 1.29 is 14.3 Å². The number of benzene rings is 1. The van der Waals surface area contributed by atoms with Gasteiger partial charge in [0.25, 0.3) is 0 Å². The van der Waals surface area contributed by atoms with Gasteiger partial charge in [-0.05, 0) is 12.1 Å². The summed E-state index contributed by atoms with van der Waals surface area (Å²) in [5, 5.41) is 5.24. The Balaban J connectivity index is 1.83.